The lowest BCUT2D eigenvalue weighted by Crippen LogP contribution is -2.31. The van der Waals surface area contributed by atoms with Crippen LogP contribution in [0.1, 0.15) is 34.5 Å². The van der Waals surface area contributed by atoms with Gasteiger partial charge in [0.1, 0.15) is 14.7 Å². The van der Waals surface area contributed by atoms with Crippen LogP contribution in [0, 0.1) is 0 Å². The van der Waals surface area contributed by atoms with Crippen molar-refractivity contribution in [2.24, 2.45) is 5.73 Å². The van der Waals surface area contributed by atoms with Gasteiger partial charge in [0.25, 0.3) is 5.91 Å². The Balaban J connectivity index is 1.76. The zero-order valence-corrected chi connectivity index (χ0v) is 16.5. The summed E-state index contributed by atoms with van der Waals surface area (Å²) in [6.45, 7) is 1.91. The van der Waals surface area contributed by atoms with E-state index in [2.05, 4.69) is 17.0 Å². The predicted molar refractivity (Wildman–Crippen MR) is 112 cm³/mol. The molecule has 2 aromatic heterocycles. The highest BCUT2D eigenvalue weighted by atomic mass is 32.2. The maximum atomic E-state index is 11.8. The minimum Gasteiger partial charge on any atom is -0.397 e. The Labute approximate surface area is 166 Å². The number of anilines is 2. The predicted octanol–water partition coefficient (Wildman–Crippen LogP) is 3.66. The van der Waals surface area contributed by atoms with Crippen molar-refractivity contribution in [2.75, 3.05) is 23.7 Å². The molecule has 0 unspecified atom stereocenters. The molecule has 3 heterocycles. The number of thiophene rings is 1. The van der Waals surface area contributed by atoms with Gasteiger partial charge in [0, 0.05) is 18.8 Å². The van der Waals surface area contributed by atoms with Gasteiger partial charge in [-0.15, -0.1) is 23.1 Å². The smallest absolute Gasteiger partial charge is 0.260 e. The van der Waals surface area contributed by atoms with E-state index < -0.39 is 5.91 Å². The number of piperidine rings is 1. The lowest BCUT2D eigenvalue weighted by Gasteiger charge is -2.26. The molecule has 1 amide bonds. The summed E-state index contributed by atoms with van der Waals surface area (Å²) in [6, 6.07) is 10.2. The van der Waals surface area contributed by atoms with Crippen LogP contribution in [0.2, 0.25) is 0 Å². The molecule has 8 heteroatoms. The van der Waals surface area contributed by atoms with E-state index in [1.165, 1.54) is 23.3 Å². The minimum absolute atomic E-state index is 0.358. The van der Waals surface area contributed by atoms with Gasteiger partial charge in [0.05, 0.1) is 11.1 Å². The SMILES string of the molecule is NC(=O)c1sc2nc(N3CCCCC3)nc(SCc3ccccc3)c2c1N. The van der Waals surface area contributed by atoms with Crippen LogP contribution >= 0.6 is 23.1 Å². The van der Waals surface area contributed by atoms with Crippen LogP contribution in [0.5, 0.6) is 0 Å². The number of nitrogen functional groups attached to an aromatic ring is 1. The summed E-state index contributed by atoms with van der Waals surface area (Å²) in [5.41, 5.74) is 13.3. The van der Waals surface area contributed by atoms with Crippen molar-refractivity contribution in [3.05, 3.63) is 40.8 Å². The number of benzene rings is 1. The lowest BCUT2D eigenvalue weighted by atomic mass is 10.1. The van der Waals surface area contributed by atoms with Crippen molar-refractivity contribution in [3.63, 3.8) is 0 Å². The van der Waals surface area contributed by atoms with Gasteiger partial charge in [-0.3, -0.25) is 4.79 Å². The fourth-order valence-corrected chi connectivity index (χ4v) is 5.23. The second kappa shape index (κ2) is 7.74. The van der Waals surface area contributed by atoms with Gasteiger partial charge >= 0.3 is 0 Å². The summed E-state index contributed by atoms with van der Waals surface area (Å²) in [5.74, 6) is 0.970. The normalized spacial score (nSPS) is 14.6. The molecule has 0 aliphatic carbocycles. The number of thioether (sulfide) groups is 1. The fraction of sp³-hybridized carbons (Fsp3) is 0.316. The van der Waals surface area contributed by atoms with E-state index in [4.69, 9.17) is 21.4 Å². The first-order valence-corrected chi connectivity index (χ1v) is 10.7. The van der Waals surface area contributed by atoms with Crippen LogP contribution in [0.25, 0.3) is 10.2 Å². The highest BCUT2D eigenvalue weighted by Gasteiger charge is 2.22. The summed E-state index contributed by atoms with van der Waals surface area (Å²) in [6.07, 6.45) is 3.53. The molecule has 1 saturated heterocycles. The molecule has 0 spiro atoms. The van der Waals surface area contributed by atoms with Crippen molar-refractivity contribution in [1.29, 1.82) is 0 Å². The Hall–Kier alpha value is -2.32. The van der Waals surface area contributed by atoms with Crippen molar-refractivity contribution >= 4 is 50.9 Å². The number of aromatic nitrogens is 2. The lowest BCUT2D eigenvalue weighted by molar-refractivity contribution is 0.100. The number of carbonyl (C=O) groups is 1. The van der Waals surface area contributed by atoms with E-state index in [0.717, 1.165) is 52.9 Å². The van der Waals surface area contributed by atoms with Gasteiger partial charge in [-0.2, -0.15) is 0 Å². The second-order valence-corrected chi connectivity index (χ2v) is 8.50. The molecule has 0 bridgehead atoms. The molecule has 1 aromatic carbocycles. The molecule has 4 rings (SSSR count). The van der Waals surface area contributed by atoms with E-state index in [9.17, 15) is 4.79 Å². The van der Waals surface area contributed by atoms with Crippen LogP contribution in [-0.4, -0.2) is 29.0 Å². The average molecular weight is 400 g/mol. The average Bonchev–Trinajstić information content (AvgIpc) is 3.04. The van der Waals surface area contributed by atoms with E-state index in [-0.39, 0.29) is 0 Å². The molecule has 1 aliphatic rings. The number of nitrogens with zero attached hydrogens (tertiary/aromatic N) is 3. The highest BCUT2D eigenvalue weighted by Crippen LogP contribution is 2.40. The summed E-state index contributed by atoms with van der Waals surface area (Å²) < 4.78 is 0. The molecular weight excluding hydrogens is 378 g/mol. The van der Waals surface area contributed by atoms with Crippen molar-refractivity contribution in [2.45, 2.75) is 30.0 Å². The van der Waals surface area contributed by atoms with E-state index >= 15 is 0 Å². The Bertz CT molecular complexity index is 967. The summed E-state index contributed by atoms with van der Waals surface area (Å²) in [5, 5.41) is 1.56. The summed E-state index contributed by atoms with van der Waals surface area (Å²) >= 11 is 2.87. The number of fused-ring (bicyclic) bond motifs is 1. The molecule has 3 aromatic rings. The number of carbonyl (C=O) groups excluding carboxylic acids is 1. The van der Waals surface area contributed by atoms with E-state index in [1.807, 2.05) is 18.2 Å². The third-order valence-electron chi connectivity index (χ3n) is 4.62. The van der Waals surface area contributed by atoms with Gasteiger partial charge in [0.2, 0.25) is 5.95 Å². The van der Waals surface area contributed by atoms with Crippen LogP contribution in [-0.2, 0) is 5.75 Å². The Morgan fingerprint density at radius 1 is 1.15 bits per heavy atom. The van der Waals surface area contributed by atoms with E-state index in [0.29, 0.717) is 10.6 Å². The van der Waals surface area contributed by atoms with Gasteiger partial charge in [-0.05, 0) is 24.8 Å². The van der Waals surface area contributed by atoms with Crippen molar-refractivity contribution < 1.29 is 4.79 Å². The third-order valence-corrected chi connectivity index (χ3v) is 6.79. The molecule has 27 heavy (non-hydrogen) atoms. The molecular formula is C19H21N5OS2. The third kappa shape index (κ3) is 3.72. The van der Waals surface area contributed by atoms with Gasteiger partial charge in [-0.25, -0.2) is 9.97 Å². The maximum absolute atomic E-state index is 11.8. The van der Waals surface area contributed by atoms with Gasteiger partial charge in [0.15, 0.2) is 0 Å². The Morgan fingerprint density at radius 2 is 1.89 bits per heavy atom. The van der Waals surface area contributed by atoms with E-state index in [1.54, 1.807) is 11.8 Å². The topological polar surface area (TPSA) is 98.1 Å². The zero-order chi connectivity index (χ0) is 18.8. The molecule has 1 fully saturated rings. The molecule has 0 saturated carbocycles. The summed E-state index contributed by atoms with van der Waals surface area (Å²) in [7, 11) is 0. The zero-order valence-electron chi connectivity index (χ0n) is 14.9. The van der Waals surface area contributed by atoms with Crippen LogP contribution in [0.4, 0.5) is 11.6 Å². The molecule has 4 N–H and O–H groups in total. The number of nitrogens with two attached hydrogens (primary N) is 2. The second-order valence-electron chi connectivity index (χ2n) is 6.54. The Kier molecular flexibility index (Phi) is 5.18. The van der Waals surface area contributed by atoms with Crippen molar-refractivity contribution in [1.82, 2.24) is 9.97 Å². The van der Waals surface area contributed by atoms with Crippen LogP contribution in [0.3, 0.4) is 0 Å². The molecule has 0 atom stereocenters. The number of rotatable bonds is 5. The number of primary amides is 1. The highest BCUT2D eigenvalue weighted by molar-refractivity contribution is 7.98. The molecule has 140 valence electrons. The van der Waals surface area contributed by atoms with Crippen LogP contribution in [0.15, 0.2) is 35.4 Å². The first-order valence-electron chi connectivity index (χ1n) is 8.95. The first kappa shape index (κ1) is 18.1. The summed E-state index contributed by atoms with van der Waals surface area (Å²) in [4.78, 5) is 24.6. The fourth-order valence-electron chi connectivity index (χ4n) is 3.23. The van der Waals surface area contributed by atoms with Gasteiger partial charge in [-0.1, -0.05) is 30.3 Å². The van der Waals surface area contributed by atoms with Crippen LogP contribution < -0.4 is 16.4 Å². The number of hydrogen-bond acceptors (Lipinski definition) is 7. The monoisotopic (exact) mass is 399 g/mol. The quantitative estimate of drug-likeness (QED) is 0.502. The maximum Gasteiger partial charge on any atom is 0.260 e. The minimum atomic E-state index is -0.519. The number of amides is 1. The molecule has 0 radical (unpaired) electrons. The Morgan fingerprint density at radius 3 is 2.59 bits per heavy atom. The standard InChI is InChI=1S/C19H21N5OS2/c20-14-13-17(26-11-12-7-3-1-4-8-12)22-19(24-9-5-2-6-10-24)23-18(13)27-15(14)16(21)25/h1,3-4,7-8H,2,5-6,9-11,20H2,(H2,21,25). The number of hydrogen-bond donors (Lipinski definition) is 2. The first-order chi connectivity index (χ1) is 13.1. The van der Waals surface area contributed by atoms with Crippen molar-refractivity contribution in [3.8, 4) is 0 Å². The molecule has 6 nitrogen and oxygen atoms in total. The van der Waals surface area contributed by atoms with Gasteiger partial charge < -0.3 is 16.4 Å². The molecule has 1 aliphatic heterocycles. The largest absolute Gasteiger partial charge is 0.397 e.